The fourth-order valence-electron chi connectivity index (χ4n) is 2.12. The van der Waals surface area contributed by atoms with Crippen molar-refractivity contribution in [3.63, 3.8) is 0 Å². The summed E-state index contributed by atoms with van der Waals surface area (Å²) in [4.78, 5) is 0. The van der Waals surface area contributed by atoms with Crippen molar-refractivity contribution in [1.29, 1.82) is 0 Å². The van der Waals surface area contributed by atoms with Gasteiger partial charge in [-0.15, -0.1) is 5.10 Å². The van der Waals surface area contributed by atoms with Crippen molar-refractivity contribution in [2.45, 2.75) is 33.9 Å². The third kappa shape index (κ3) is 3.97. The van der Waals surface area contributed by atoms with E-state index in [2.05, 4.69) is 20.4 Å². The molecule has 0 bridgehead atoms. The SMILES string of the molecule is CCn1nnc(C)c1CNc1ccc(C)c(NS(C)(=O)=O)c1. The van der Waals surface area contributed by atoms with Gasteiger partial charge in [0.2, 0.25) is 10.0 Å². The van der Waals surface area contributed by atoms with Crippen LogP contribution in [-0.2, 0) is 23.1 Å². The van der Waals surface area contributed by atoms with Gasteiger partial charge in [0.25, 0.3) is 0 Å². The maximum Gasteiger partial charge on any atom is 0.229 e. The Labute approximate surface area is 130 Å². The van der Waals surface area contributed by atoms with Crippen LogP contribution in [0.5, 0.6) is 0 Å². The highest BCUT2D eigenvalue weighted by molar-refractivity contribution is 7.92. The highest BCUT2D eigenvalue weighted by Crippen LogP contribution is 2.21. The zero-order chi connectivity index (χ0) is 16.3. The summed E-state index contributed by atoms with van der Waals surface area (Å²) in [5.74, 6) is 0. The number of hydrogen-bond acceptors (Lipinski definition) is 5. The number of benzene rings is 1. The lowest BCUT2D eigenvalue weighted by Gasteiger charge is -2.12. The monoisotopic (exact) mass is 323 g/mol. The van der Waals surface area contributed by atoms with Crippen LogP contribution in [0.2, 0.25) is 0 Å². The van der Waals surface area contributed by atoms with Crippen LogP contribution in [0, 0.1) is 13.8 Å². The van der Waals surface area contributed by atoms with Crippen LogP contribution in [0.15, 0.2) is 18.2 Å². The highest BCUT2D eigenvalue weighted by atomic mass is 32.2. The molecule has 0 radical (unpaired) electrons. The molecule has 1 aromatic carbocycles. The van der Waals surface area contributed by atoms with E-state index in [1.165, 1.54) is 0 Å². The van der Waals surface area contributed by atoms with Crippen molar-refractivity contribution in [2.75, 3.05) is 16.3 Å². The third-order valence-corrected chi connectivity index (χ3v) is 3.92. The Kier molecular flexibility index (Phi) is 4.70. The van der Waals surface area contributed by atoms with Gasteiger partial charge in [-0.2, -0.15) is 0 Å². The molecule has 2 rings (SSSR count). The molecule has 2 N–H and O–H groups in total. The minimum atomic E-state index is -3.29. The number of hydrogen-bond donors (Lipinski definition) is 2. The zero-order valence-electron chi connectivity index (χ0n) is 13.2. The Balaban J connectivity index is 2.17. The van der Waals surface area contributed by atoms with Crippen molar-refractivity contribution in [3.8, 4) is 0 Å². The van der Waals surface area contributed by atoms with Crippen LogP contribution in [0.1, 0.15) is 23.9 Å². The molecule has 0 fully saturated rings. The largest absolute Gasteiger partial charge is 0.379 e. The molecule has 0 saturated heterocycles. The summed E-state index contributed by atoms with van der Waals surface area (Å²) in [5, 5.41) is 11.4. The Morgan fingerprint density at radius 1 is 1.27 bits per heavy atom. The van der Waals surface area contributed by atoms with E-state index in [4.69, 9.17) is 0 Å². The number of aromatic nitrogens is 3. The summed E-state index contributed by atoms with van der Waals surface area (Å²) >= 11 is 0. The summed E-state index contributed by atoms with van der Waals surface area (Å²) in [5.41, 5.74) is 4.18. The zero-order valence-corrected chi connectivity index (χ0v) is 14.0. The maximum absolute atomic E-state index is 11.4. The second-order valence-electron chi connectivity index (χ2n) is 5.19. The number of rotatable bonds is 6. The Bertz CT molecular complexity index is 768. The van der Waals surface area contributed by atoms with E-state index in [0.29, 0.717) is 12.2 Å². The van der Waals surface area contributed by atoms with Crippen molar-refractivity contribution in [3.05, 3.63) is 35.2 Å². The summed E-state index contributed by atoms with van der Waals surface area (Å²) in [6.07, 6.45) is 1.14. The first-order chi connectivity index (χ1) is 10.3. The van der Waals surface area contributed by atoms with Crippen LogP contribution >= 0.6 is 0 Å². The molecule has 1 aromatic heterocycles. The summed E-state index contributed by atoms with van der Waals surface area (Å²) in [7, 11) is -3.29. The van der Waals surface area contributed by atoms with Crippen molar-refractivity contribution in [2.24, 2.45) is 0 Å². The molecule has 0 unspecified atom stereocenters. The van der Waals surface area contributed by atoms with Crippen LogP contribution in [0.4, 0.5) is 11.4 Å². The quantitative estimate of drug-likeness (QED) is 0.847. The predicted molar refractivity (Wildman–Crippen MR) is 87.4 cm³/mol. The van der Waals surface area contributed by atoms with E-state index < -0.39 is 10.0 Å². The van der Waals surface area contributed by atoms with Crippen molar-refractivity contribution >= 4 is 21.4 Å². The van der Waals surface area contributed by atoms with Gasteiger partial charge >= 0.3 is 0 Å². The van der Waals surface area contributed by atoms with Gasteiger partial charge in [0.05, 0.1) is 29.9 Å². The molecule has 22 heavy (non-hydrogen) atoms. The van der Waals surface area contributed by atoms with Crippen molar-refractivity contribution < 1.29 is 8.42 Å². The number of nitrogens with one attached hydrogen (secondary N) is 2. The van der Waals surface area contributed by atoms with Crippen LogP contribution in [0.25, 0.3) is 0 Å². The van der Waals surface area contributed by atoms with Gasteiger partial charge in [-0.3, -0.25) is 4.72 Å². The van der Waals surface area contributed by atoms with E-state index in [-0.39, 0.29) is 0 Å². The number of anilines is 2. The first-order valence-electron chi connectivity index (χ1n) is 7.01. The standard InChI is InChI=1S/C14H21N5O2S/c1-5-19-14(11(3)16-18-19)9-15-12-7-6-10(2)13(8-12)17-22(4,20)21/h6-8,15,17H,5,9H2,1-4H3. The smallest absolute Gasteiger partial charge is 0.229 e. The van der Waals surface area contributed by atoms with Gasteiger partial charge < -0.3 is 5.32 Å². The fourth-order valence-corrected chi connectivity index (χ4v) is 2.74. The van der Waals surface area contributed by atoms with Gasteiger partial charge in [-0.1, -0.05) is 11.3 Å². The molecule has 120 valence electrons. The molecular weight excluding hydrogens is 302 g/mol. The Hall–Kier alpha value is -2.09. The molecule has 0 aliphatic rings. The van der Waals surface area contributed by atoms with E-state index in [0.717, 1.165) is 35.4 Å². The number of nitrogens with zero attached hydrogens (tertiary/aromatic N) is 3. The van der Waals surface area contributed by atoms with Gasteiger partial charge in [-0.05, 0) is 38.5 Å². The minimum Gasteiger partial charge on any atom is -0.379 e. The second kappa shape index (κ2) is 6.35. The molecule has 8 heteroatoms. The molecule has 0 aliphatic carbocycles. The highest BCUT2D eigenvalue weighted by Gasteiger charge is 2.09. The molecular formula is C14H21N5O2S. The topological polar surface area (TPSA) is 88.9 Å². The minimum absolute atomic E-state index is 0.575. The first-order valence-corrected chi connectivity index (χ1v) is 8.90. The lowest BCUT2D eigenvalue weighted by Crippen LogP contribution is -2.12. The predicted octanol–water partition coefficient (Wildman–Crippen LogP) is 1.90. The summed E-state index contributed by atoms with van der Waals surface area (Å²) in [6.45, 7) is 7.12. The molecule has 2 aromatic rings. The average Bonchev–Trinajstić information content (AvgIpc) is 2.78. The van der Waals surface area contributed by atoms with Gasteiger partial charge in [0, 0.05) is 12.2 Å². The van der Waals surface area contributed by atoms with Crippen LogP contribution in [-0.4, -0.2) is 29.7 Å². The molecule has 0 amide bonds. The van der Waals surface area contributed by atoms with Crippen LogP contribution < -0.4 is 10.0 Å². The van der Waals surface area contributed by atoms with Gasteiger partial charge in [-0.25, -0.2) is 13.1 Å². The molecule has 1 heterocycles. The Morgan fingerprint density at radius 3 is 2.64 bits per heavy atom. The molecule has 0 saturated carbocycles. The molecule has 7 nitrogen and oxygen atoms in total. The molecule has 0 spiro atoms. The van der Waals surface area contributed by atoms with E-state index in [1.54, 1.807) is 6.07 Å². The van der Waals surface area contributed by atoms with E-state index in [1.807, 2.05) is 37.6 Å². The van der Waals surface area contributed by atoms with Gasteiger partial charge in [0.1, 0.15) is 0 Å². The summed E-state index contributed by atoms with van der Waals surface area (Å²) in [6, 6.07) is 5.57. The lowest BCUT2D eigenvalue weighted by molar-refractivity contribution is 0.602. The molecule has 0 aliphatic heterocycles. The van der Waals surface area contributed by atoms with Gasteiger partial charge in [0.15, 0.2) is 0 Å². The Morgan fingerprint density at radius 2 is 2.00 bits per heavy atom. The first kappa shape index (κ1) is 16.3. The van der Waals surface area contributed by atoms with Crippen LogP contribution in [0.3, 0.4) is 0 Å². The normalized spacial score (nSPS) is 11.5. The van der Waals surface area contributed by atoms with E-state index in [9.17, 15) is 8.42 Å². The summed E-state index contributed by atoms with van der Waals surface area (Å²) < 4.78 is 27.1. The number of aryl methyl sites for hydroxylation is 3. The number of sulfonamides is 1. The maximum atomic E-state index is 11.4. The molecule has 0 atom stereocenters. The fraction of sp³-hybridized carbons (Fsp3) is 0.429. The average molecular weight is 323 g/mol. The lowest BCUT2D eigenvalue weighted by atomic mass is 10.2. The third-order valence-electron chi connectivity index (χ3n) is 3.32. The van der Waals surface area contributed by atoms with E-state index >= 15 is 0 Å². The second-order valence-corrected chi connectivity index (χ2v) is 6.94. The van der Waals surface area contributed by atoms with Crippen molar-refractivity contribution in [1.82, 2.24) is 15.0 Å².